The van der Waals surface area contributed by atoms with Gasteiger partial charge in [0.1, 0.15) is 5.82 Å². The molecule has 2 aromatic carbocycles. The number of hydrogen-bond donors (Lipinski definition) is 2. The van der Waals surface area contributed by atoms with Crippen LogP contribution in [0.4, 0.5) is 21.5 Å². The van der Waals surface area contributed by atoms with E-state index >= 15 is 0 Å². The first kappa shape index (κ1) is 12.2. The van der Waals surface area contributed by atoms with Gasteiger partial charge in [-0.05, 0) is 65.4 Å². The van der Waals surface area contributed by atoms with Crippen molar-refractivity contribution in [1.82, 2.24) is 0 Å². The highest BCUT2D eigenvalue weighted by Crippen LogP contribution is 2.26. The summed E-state index contributed by atoms with van der Waals surface area (Å²) in [5.41, 5.74) is 8.63. The summed E-state index contributed by atoms with van der Waals surface area (Å²) in [5.74, 6) is -0.284. The Morgan fingerprint density at radius 2 is 1.88 bits per heavy atom. The van der Waals surface area contributed by atoms with Gasteiger partial charge in [-0.3, -0.25) is 0 Å². The SMILES string of the molecule is Cc1ccc(F)c(Nc2ccc(I)cc2N)c1. The van der Waals surface area contributed by atoms with E-state index in [-0.39, 0.29) is 5.82 Å². The number of anilines is 3. The second-order valence-electron chi connectivity index (χ2n) is 3.84. The molecule has 0 heterocycles. The van der Waals surface area contributed by atoms with Gasteiger partial charge in [0.2, 0.25) is 0 Å². The van der Waals surface area contributed by atoms with Crippen LogP contribution in [-0.4, -0.2) is 0 Å². The van der Waals surface area contributed by atoms with Crippen LogP contribution in [0.2, 0.25) is 0 Å². The molecule has 0 aromatic heterocycles. The number of aryl methyl sites for hydroxylation is 1. The van der Waals surface area contributed by atoms with Crippen molar-refractivity contribution in [3.05, 3.63) is 51.3 Å². The number of nitrogens with one attached hydrogen (secondary N) is 1. The molecule has 0 saturated carbocycles. The second kappa shape index (κ2) is 4.91. The summed E-state index contributed by atoms with van der Waals surface area (Å²) >= 11 is 2.18. The third kappa shape index (κ3) is 2.88. The van der Waals surface area contributed by atoms with Crippen molar-refractivity contribution in [2.45, 2.75) is 6.92 Å². The average molecular weight is 342 g/mol. The van der Waals surface area contributed by atoms with E-state index < -0.39 is 0 Å². The molecule has 2 nitrogen and oxygen atoms in total. The Hall–Kier alpha value is -1.30. The van der Waals surface area contributed by atoms with E-state index in [0.29, 0.717) is 11.4 Å². The molecule has 0 saturated heterocycles. The third-order valence-corrected chi connectivity index (χ3v) is 3.08. The molecule has 0 spiro atoms. The molecule has 0 fully saturated rings. The zero-order valence-corrected chi connectivity index (χ0v) is 11.5. The molecular weight excluding hydrogens is 330 g/mol. The molecule has 2 rings (SSSR count). The predicted octanol–water partition coefficient (Wildman–Crippen LogP) is 4.06. The fourth-order valence-electron chi connectivity index (χ4n) is 1.53. The highest BCUT2D eigenvalue weighted by molar-refractivity contribution is 14.1. The van der Waals surface area contributed by atoms with Gasteiger partial charge < -0.3 is 11.1 Å². The molecule has 0 radical (unpaired) electrons. The van der Waals surface area contributed by atoms with E-state index in [2.05, 4.69) is 27.9 Å². The first-order valence-electron chi connectivity index (χ1n) is 5.14. The number of nitrogen functional groups attached to an aromatic ring is 1. The van der Waals surface area contributed by atoms with Gasteiger partial charge in [0.05, 0.1) is 17.1 Å². The lowest BCUT2D eigenvalue weighted by molar-refractivity contribution is 0.631. The fourth-order valence-corrected chi connectivity index (χ4v) is 2.04. The highest BCUT2D eigenvalue weighted by atomic mass is 127. The van der Waals surface area contributed by atoms with Crippen LogP contribution < -0.4 is 11.1 Å². The highest BCUT2D eigenvalue weighted by Gasteiger charge is 2.05. The smallest absolute Gasteiger partial charge is 0.146 e. The van der Waals surface area contributed by atoms with Gasteiger partial charge in [-0.2, -0.15) is 0 Å². The molecule has 88 valence electrons. The van der Waals surface area contributed by atoms with Crippen molar-refractivity contribution in [2.24, 2.45) is 0 Å². The molecular formula is C13H12FIN2. The van der Waals surface area contributed by atoms with Crippen LogP contribution in [0.15, 0.2) is 36.4 Å². The Labute approximate surface area is 113 Å². The van der Waals surface area contributed by atoms with E-state index in [1.807, 2.05) is 25.1 Å². The van der Waals surface area contributed by atoms with Crippen molar-refractivity contribution < 1.29 is 4.39 Å². The van der Waals surface area contributed by atoms with Gasteiger partial charge in [-0.25, -0.2) is 4.39 Å². The summed E-state index contributed by atoms with van der Waals surface area (Å²) in [6, 6.07) is 10.5. The number of rotatable bonds is 2. The first-order chi connectivity index (χ1) is 8.06. The maximum atomic E-state index is 13.6. The molecule has 0 amide bonds. The van der Waals surface area contributed by atoms with Crippen LogP contribution in [0.3, 0.4) is 0 Å². The third-order valence-electron chi connectivity index (χ3n) is 2.40. The summed E-state index contributed by atoms with van der Waals surface area (Å²) in [6.07, 6.45) is 0. The summed E-state index contributed by atoms with van der Waals surface area (Å²) in [4.78, 5) is 0. The fraction of sp³-hybridized carbons (Fsp3) is 0.0769. The van der Waals surface area contributed by atoms with Crippen molar-refractivity contribution in [1.29, 1.82) is 0 Å². The van der Waals surface area contributed by atoms with Crippen molar-refractivity contribution >= 4 is 39.7 Å². The molecule has 17 heavy (non-hydrogen) atoms. The number of benzene rings is 2. The lowest BCUT2D eigenvalue weighted by Gasteiger charge is -2.11. The van der Waals surface area contributed by atoms with Crippen molar-refractivity contribution in [2.75, 3.05) is 11.1 Å². The van der Waals surface area contributed by atoms with Gasteiger partial charge in [0.15, 0.2) is 0 Å². The van der Waals surface area contributed by atoms with E-state index in [1.165, 1.54) is 6.07 Å². The summed E-state index contributed by atoms with van der Waals surface area (Å²) in [7, 11) is 0. The monoisotopic (exact) mass is 342 g/mol. The summed E-state index contributed by atoms with van der Waals surface area (Å²) in [5, 5.41) is 3.01. The summed E-state index contributed by atoms with van der Waals surface area (Å²) in [6.45, 7) is 1.92. The van der Waals surface area contributed by atoms with E-state index in [0.717, 1.165) is 14.8 Å². The standard InChI is InChI=1S/C13H12FIN2/c1-8-2-4-10(14)13(6-8)17-12-5-3-9(15)7-11(12)16/h2-7,17H,16H2,1H3. The maximum Gasteiger partial charge on any atom is 0.146 e. The molecule has 0 aliphatic rings. The Balaban J connectivity index is 2.34. The minimum atomic E-state index is -0.284. The largest absolute Gasteiger partial charge is 0.397 e. The van der Waals surface area contributed by atoms with Gasteiger partial charge >= 0.3 is 0 Å². The van der Waals surface area contributed by atoms with E-state index in [1.54, 1.807) is 12.1 Å². The Bertz CT molecular complexity index is 555. The number of hydrogen-bond acceptors (Lipinski definition) is 2. The van der Waals surface area contributed by atoms with Crippen LogP contribution in [-0.2, 0) is 0 Å². The van der Waals surface area contributed by atoms with Gasteiger partial charge in [0, 0.05) is 3.57 Å². The second-order valence-corrected chi connectivity index (χ2v) is 5.09. The van der Waals surface area contributed by atoms with Gasteiger partial charge in [-0.15, -0.1) is 0 Å². The zero-order chi connectivity index (χ0) is 12.4. The molecule has 0 aliphatic carbocycles. The number of nitrogens with two attached hydrogens (primary N) is 1. The van der Waals surface area contributed by atoms with Crippen molar-refractivity contribution in [3.8, 4) is 0 Å². The van der Waals surface area contributed by atoms with Crippen LogP contribution in [0.25, 0.3) is 0 Å². The normalized spacial score (nSPS) is 10.3. The van der Waals surface area contributed by atoms with Crippen LogP contribution in [0.1, 0.15) is 5.56 Å². The first-order valence-corrected chi connectivity index (χ1v) is 6.22. The molecule has 0 unspecified atom stereocenters. The van der Waals surface area contributed by atoms with E-state index in [9.17, 15) is 4.39 Å². The molecule has 0 bridgehead atoms. The average Bonchev–Trinajstić information content (AvgIpc) is 2.27. The van der Waals surface area contributed by atoms with E-state index in [4.69, 9.17) is 5.73 Å². The van der Waals surface area contributed by atoms with Crippen LogP contribution >= 0.6 is 22.6 Å². The minimum absolute atomic E-state index is 0.284. The Morgan fingerprint density at radius 1 is 1.12 bits per heavy atom. The Kier molecular flexibility index (Phi) is 3.51. The maximum absolute atomic E-state index is 13.6. The molecule has 4 heteroatoms. The molecule has 0 atom stereocenters. The lowest BCUT2D eigenvalue weighted by Crippen LogP contribution is -1.98. The molecule has 2 aromatic rings. The quantitative estimate of drug-likeness (QED) is 0.638. The topological polar surface area (TPSA) is 38.0 Å². The van der Waals surface area contributed by atoms with Gasteiger partial charge in [0.25, 0.3) is 0 Å². The Morgan fingerprint density at radius 3 is 2.59 bits per heavy atom. The number of halogens is 2. The molecule has 3 N–H and O–H groups in total. The van der Waals surface area contributed by atoms with Crippen molar-refractivity contribution in [3.63, 3.8) is 0 Å². The van der Waals surface area contributed by atoms with Gasteiger partial charge in [-0.1, -0.05) is 6.07 Å². The van der Waals surface area contributed by atoms with Crippen LogP contribution in [0, 0.1) is 16.3 Å². The predicted molar refractivity (Wildman–Crippen MR) is 78.0 cm³/mol. The lowest BCUT2D eigenvalue weighted by atomic mass is 10.2. The van der Waals surface area contributed by atoms with Crippen LogP contribution in [0.5, 0.6) is 0 Å². The molecule has 0 aliphatic heterocycles. The minimum Gasteiger partial charge on any atom is -0.397 e. The zero-order valence-electron chi connectivity index (χ0n) is 9.30. The summed E-state index contributed by atoms with van der Waals surface area (Å²) < 4.78 is 14.6.